The fraction of sp³-hybridized carbons (Fsp3) is 0.385. The molecule has 0 saturated heterocycles. The largest absolute Gasteiger partial charge is 0.329 e. The number of benzene rings is 1. The molecule has 2 N–H and O–H groups in total. The van der Waals surface area contributed by atoms with E-state index in [2.05, 4.69) is 41.7 Å². The van der Waals surface area contributed by atoms with Gasteiger partial charge in [0.1, 0.15) is 12.2 Å². The van der Waals surface area contributed by atoms with Crippen LogP contribution in [0.1, 0.15) is 17.4 Å². The molecule has 0 fully saturated rings. The van der Waals surface area contributed by atoms with Crippen molar-refractivity contribution in [2.75, 3.05) is 13.1 Å². The van der Waals surface area contributed by atoms with E-state index in [1.54, 1.807) is 6.33 Å². The average molecular weight is 357 g/mol. The maximum atomic E-state index is 6.18. The van der Waals surface area contributed by atoms with Crippen LogP contribution in [0.2, 0.25) is 5.02 Å². The van der Waals surface area contributed by atoms with E-state index in [9.17, 15) is 0 Å². The molecule has 1 atom stereocenters. The van der Waals surface area contributed by atoms with Crippen LogP contribution in [0.5, 0.6) is 0 Å². The fourth-order valence-electron chi connectivity index (χ4n) is 2.57. The van der Waals surface area contributed by atoms with Crippen molar-refractivity contribution in [3.05, 3.63) is 45.4 Å². The molecule has 0 spiro atoms. The number of fused-ring (bicyclic) bond motifs is 1. The second-order valence-corrected chi connectivity index (χ2v) is 6.10. The third-order valence-corrected chi connectivity index (χ3v) is 4.89. The SMILES string of the molecule is NCC(c1ccc(Br)c(Cl)c1)N1CCn2cnnc2C1. The third kappa shape index (κ3) is 2.61. The van der Waals surface area contributed by atoms with Crippen molar-refractivity contribution < 1.29 is 0 Å². The van der Waals surface area contributed by atoms with Gasteiger partial charge in [-0.15, -0.1) is 10.2 Å². The lowest BCUT2D eigenvalue weighted by Gasteiger charge is -2.34. The molecule has 1 aromatic heterocycles. The second-order valence-electron chi connectivity index (χ2n) is 4.84. The first-order valence-corrected chi connectivity index (χ1v) is 7.62. The Morgan fingerprint density at radius 2 is 2.25 bits per heavy atom. The number of aromatic nitrogens is 3. The highest BCUT2D eigenvalue weighted by Gasteiger charge is 2.25. The molecular formula is C13H15BrClN5. The van der Waals surface area contributed by atoms with Gasteiger partial charge < -0.3 is 10.3 Å². The van der Waals surface area contributed by atoms with E-state index in [1.165, 1.54) is 0 Å². The lowest BCUT2D eigenvalue weighted by Crippen LogP contribution is -2.39. The quantitative estimate of drug-likeness (QED) is 0.916. The standard InChI is InChI=1S/C13H15BrClN5/c14-10-2-1-9(5-11(10)15)12(6-16)19-3-4-20-8-17-18-13(20)7-19/h1-2,5,8,12H,3-4,6-7,16H2. The van der Waals surface area contributed by atoms with E-state index in [1.807, 2.05) is 12.1 Å². The highest BCUT2D eigenvalue weighted by molar-refractivity contribution is 9.10. The molecule has 2 heterocycles. The summed E-state index contributed by atoms with van der Waals surface area (Å²) < 4.78 is 2.98. The Labute approximate surface area is 130 Å². The van der Waals surface area contributed by atoms with Crippen LogP contribution in [-0.2, 0) is 13.1 Å². The summed E-state index contributed by atoms with van der Waals surface area (Å²) in [5.41, 5.74) is 7.11. The van der Waals surface area contributed by atoms with Crippen LogP contribution in [0, 0.1) is 0 Å². The Morgan fingerprint density at radius 1 is 1.40 bits per heavy atom. The fourth-order valence-corrected chi connectivity index (χ4v) is 3.00. The minimum absolute atomic E-state index is 0.144. The number of hydrogen-bond donors (Lipinski definition) is 1. The van der Waals surface area contributed by atoms with Gasteiger partial charge in [0.15, 0.2) is 0 Å². The van der Waals surface area contributed by atoms with Crippen molar-refractivity contribution in [2.45, 2.75) is 19.1 Å². The molecule has 1 aliphatic rings. The van der Waals surface area contributed by atoms with Crippen molar-refractivity contribution in [3.8, 4) is 0 Å². The van der Waals surface area contributed by atoms with Crippen LogP contribution in [0.15, 0.2) is 29.0 Å². The van der Waals surface area contributed by atoms with E-state index < -0.39 is 0 Å². The van der Waals surface area contributed by atoms with Crippen LogP contribution in [0.4, 0.5) is 0 Å². The van der Waals surface area contributed by atoms with Gasteiger partial charge in [-0.05, 0) is 33.6 Å². The number of rotatable bonds is 3. The van der Waals surface area contributed by atoms with Crippen LogP contribution >= 0.6 is 27.5 Å². The minimum Gasteiger partial charge on any atom is -0.329 e. The Morgan fingerprint density at radius 3 is 3.00 bits per heavy atom. The maximum Gasteiger partial charge on any atom is 0.147 e. The van der Waals surface area contributed by atoms with Gasteiger partial charge in [0.05, 0.1) is 11.6 Å². The Hall–Kier alpha value is -0.950. The maximum absolute atomic E-state index is 6.18. The van der Waals surface area contributed by atoms with Crippen molar-refractivity contribution in [1.29, 1.82) is 0 Å². The first-order chi connectivity index (χ1) is 9.69. The summed E-state index contributed by atoms with van der Waals surface area (Å²) in [5.74, 6) is 0.984. The van der Waals surface area contributed by atoms with E-state index in [0.717, 1.165) is 35.5 Å². The first-order valence-electron chi connectivity index (χ1n) is 6.45. The summed E-state index contributed by atoms with van der Waals surface area (Å²) in [5, 5.41) is 8.80. The van der Waals surface area contributed by atoms with Gasteiger partial charge in [-0.2, -0.15) is 0 Å². The zero-order valence-corrected chi connectivity index (χ0v) is 13.2. The molecule has 1 unspecified atom stereocenters. The molecule has 7 heteroatoms. The minimum atomic E-state index is 0.144. The molecule has 0 saturated carbocycles. The van der Waals surface area contributed by atoms with Crippen molar-refractivity contribution in [1.82, 2.24) is 19.7 Å². The molecule has 106 valence electrons. The van der Waals surface area contributed by atoms with Gasteiger partial charge >= 0.3 is 0 Å². The molecule has 2 aromatic rings. The van der Waals surface area contributed by atoms with Gasteiger partial charge in [-0.1, -0.05) is 17.7 Å². The lowest BCUT2D eigenvalue weighted by atomic mass is 10.0. The second kappa shape index (κ2) is 5.81. The molecule has 5 nitrogen and oxygen atoms in total. The number of hydrogen-bond acceptors (Lipinski definition) is 4. The van der Waals surface area contributed by atoms with E-state index >= 15 is 0 Å². The molecule has 20 heavy (non-hydrogen) atoms. The molecule has 1 aliphatic heterocycles. The van der Waals surface area contributed by atoms with Gasteiger partial charge in [0.25, 0.3) is 0 Å². The lowest BCUT2D eigenvalue weighted by molar-refractivity contribution is 0.156. The smallest absolute Gasteiger partial charge is 0.147 e. The molecule has 0 radical (unpaired) electrons. The normalized spacial score (nSPS) is 16.9. The first kappa shape index (κ1) is 14.0. The van der Waals surface area contributed by atoms with Crippen molar-refractivity contribution in [2.24, 2.45) is 5.73 Å². The number of nitrogens with zero attached hydrogens (tertiary/aromatic N) is 4. The Kier molecular flexibility index (Phi) is 4.07. The van der Waals surface area contributed by atoms with Crippen LogP contribution < -0.4 is 5.73 Å². The number of nitrogens with two attached hydrogens (primary N) is 1. The van der Waals surface area contributed by atoms with Crippen molar-refractivity contribution in [3.63, 3.8) is 0 Å². The van der Waals surface area contributed by atoms with Gasteiger partial charge in [0, 0.05) is 30.1 Å². The van der Waals surface area contributed by atoms with Gasteiger partial charge in [-0.3, -0.25) is 4.90 Å². The van der Waals surface area contributed by atoms with E-state index in [-0.39, 0.29) is 6.04 Å². The Bertz CT molecular complexity index is 615. The predicted molar refractivity (Wildman–Crippen MR) is 81.4 cm³/mol. The molecule has 0 amide bonds. The number of halogens is 2. The predicted octanol–water partition coefficient (Wildman–Crippen LogP) is 2.21. The topological polar surface area (TPSA) is 60.0 Å². The monoisotopic (exact) mass is 355 g/mol. The average Bonchev–Trinajstić information content (AvgIpc) is 2.91. The highest BCUT2D eigenvalue weighted by Crippen LogP contribution is 2.29. The Balaban J connectivity index is 1.85. The molecule has 0 aliphatic carbocycles. The van der Waals surface area contributed by atoms with Crippen molar-refractivity contribution >= 4 is 27.5 Å². The summed E-state index contributed by atoms with van der Waals surface area (Å²) in [7, 11) is 0. The summed E-state index contributed by atoms with van der Waals surface area (Å²) in [4.78, 5) is 2.32. The van der Waals surface area contributed by atoms with E-state index in [4.69, 9.17) is 17.3 Å². The van der Waals surface area contributed by atoms with Crippen LogP contribution in [0.3, 0.4) is 0 Å². The molecular weight excluding hydrogens is 342 g/mol. The van der Waals surface area contributed by atoms with Gasteiger partial charge in [-0.25, -0.2) is 0 Å². The molecule has 3 rings (SSSR count). The zero-order chi connectivity index (χ0) is 14.1. The molecule has 0 bridgehead atoms. The summed E-state index contributed by atoms with van der Waals surface area (Å²) in [6, 6.07) is 6.15. The van der Waals surface area contributed by atoms with E-state index in [0.29, 0.717) is 11.6 Å². The zero-order valence-electron chi connectivity index (χ0n) is 10.8. The molecule has 1 aromatic carbocycles. The summed E-state index contributed by atoms with van der Waals surface area (Å²) >= 11 is 9.60. The summed E-state index contributed by atoms with van der Waals surface area (Å²) in [6.45, 7) is 3.13. The summed E-state index contributed by atoms with van der Waals surface area (Å²) in [6.07, 6.45) is 1.78. The van der Waals surface area contributed by atoms with Crippen LogP contribution in [0.25, 0.3) is 0 Å². The van der Waals surface area contributed by atoms with Gasteiger partial charge in [0.2, 0.25) is 0 Å². The third-order valence-electron chi connectivity index (χ3n) is 3.66. The highest BCUT2D eigenvalue weighted by atomic mass is 79.9. The van der Waals surface area contributed by atoms with Crippen LogP contribution in [-0.4, -0.2) is 32.8 Å².